The number of rotatable bonds is 6. The Morgan fingerprint density at radius 2 is 2.19 bits per heavy atom. The number of ether oxygens (including phenoxy) is 1. The number of methoxy groups -OCH3 is 1. The Kier molecular flexibility index (Phi) is 5.96. The zero-order valence-electron chi connectivity index (χ0n) is 9.59. The number of alkyl halides is 1. The molecule has 4 heteroatoms. The highest BCUT2D eigenvalue weighted by Crippen LogP contribution is 2.22. The highest BCUT2D eigenvalue weighted by atomic mass is 35.5. The first kappa shape index (κ1) is 13.6. The molecule has 0 aliphatic carbocycles. The Morgan fingerprint density at radius 3 is 2.81 bits per heavy atom. The Bertz CT molecular complexity index is 331. The molecule has 2 nitrogen and oxygen atoms in total. The minimum absolute atomic E-state index is 0.465. The smallest absolute Gasteiger partial charge is 0.123 e. The topological polar surface area (TPSA) is 21.3 Å². The quantitative estimate of drug-likeness (QED) is 0.794. The lowest BCUT2D eigenvalue weighted by molar-refractivity contribution is 0.406. The summed E-state index contributed by atoms with van der Waals surface area (Å²) in [5, 5.41) is 4.06. The third-order valence-electron chi connectivity index (χ3n) is 2.31. The lowest BCUT2D eigenvalue weighted by Gasteiger charge is -2.12. The lowest BCUT2D eigenvalue weighted by atomic mass is 10.2. The van der Waals surface area contributed by atoms with Gasteiger partial charge in [0.2, 0.25) is 0 Å². The van der Waals surface area contributed by atoms with Crippen molar-refractivity contribution in [1.82, 2.24) is 5.32 Å². The summed E-state index contributed by atoms with van der Waals surface area (Å²) in [5.74, 6) is 1.99. The molecule has 1 rings (SSSR count). The van der Waals surface area contributed by atoms with Gasteiger partial charge in [-0.1, -0.05) is 18.5 Å². The summed E-state index contributed by atoms with van der Waals surface area (Å²) in [4.78, 5) is 0. The van der Waals surface area contributed by atoms with Crippen LogP contribution in [-0.4, -0.2) is 19.5 Å². The third kappa shape index (κ3) is 4.20. The van der Waals surface area contributed by atoms with Crippen LogP contribution >= 0.6 is 23.2 Å². The fourth-order valence-electron chi connectivity index (χ4n) is 1.39. The second kappa shape index (κ2) is 7.00. The molecule has 0 saturated heterocycles. The van der Waals surface area contributed by atoms with E-state index in [0.717, 1.165) is 29.4 Å². The molecule has 0 aliphatic heterocycles. The van der Waals surface area contributed by atoms with Crippen molar-refractivity contribution < 1.29 is 4.74 Å². The van der Waals surface area contributed by atoms with Gasteiger partial charge < -0.3 is 10.1 Å². The van der Waals surface area contributed by atoms with Crippen molar-refractivity contribution in [2.75, 3.05) is 19.5 Å². The Labute approximate surface area is 107 Å². The van der Waals surface area contributed by atoms with Gasteiger partial charge in [0.05, 0.1) is 7.11 Å². The van der Waals surface area contributed by atoms with Gasteiger partial charge in [-0.05, 0) is 30.7 Å². The van der Waals surface area contributed by atoms with E-state index in [1.165, 1.54) is 0 Å². The number of hydrogen-bond acceptors (Lipinski definition) is 2. The SMILES string of the molecule is COc1ccc(Cl)cc1CNCC(C)CCl. The van der Waals surface area contributed by atoms with Crippen LogP contribution in [0.5, 0.6) is 5.75 Å². The van der Waals surface area contributed by atoms with Crippen molar-refractivity contribution in [2.24, 2.45) is 5.92 Å². The first-order chi connectivity index (χ1) is 7.67. The van der Waals surface area contributed by atoms with Crippen molar-refractivity contribution in [3.63, 3.8) is 0 Å². The fourth-order valence-corrected chi connectivity index (χ4v) is 1.70. The zero-order chi connectivity index (χ0) is 12.0. The minimum atomic E-state index is 0.465. The van der Waals surface area contributed by atoms with Crippen LogP contribution in [0, 0.1) is 5.92 Å². The van der Waals surface area contributed by atoms with Crippen LogP contribution in [-0.2, 0) is 6.54 Å². The number of halogens is 2. The molecule has 0 saturated carbocycles. The third-order valence-corrected chi connectivity index (χ3v) is 3.08. The molecule has 1 N–H and O–H groups in total. The lowest BCUT2D eigenvalue weighted by Crippen LogP contribution is -2.21. The molecule has 0 amide bonds. The Balaban J connectivity index is 2.55. The van der Waals surface area contributed by atoms with Gasteiger partial charge in [0.1, 0.15) is 5.75 Å². The number of nitrogens with one attached hydrogen (secondary N) is 1. The molecule has 1 aromatic carbocycles. The molecule has 0 heterocycles. The van der Waals surface area contributed by atoms with E-state index >= 15 is 0 Å². The van der Waals surface area contributed by atoms with Gasteiger partial charge in [-0.15, -0.1) is 11.6 Å². The molecule has 1 unspecified atom stereocenters. The standard InChI is InChI=1S/C12H17Cl2NO/c1-9(6-13)7-15-8-10-5-11(14)3-4-12(10)16-2/h3-5,9,15H,6-8H2,1-2H3. The first-order valence-corrected chi connectivity index (χ1v) is 6.17. The average molecular weight is 262 g/mol. The molecule has 90 valence electrons. The van der Waals surface area contributed by atoms with Gasteiger partial charge in [-0.2, -0.15) is 0 Å². The van der Waals surface area contributed by atoms with E-state index in [1.807, 2.05) is 18.2 Å². The molecule has 1 atom stereocenters. The maximum Gasteiger partial charge on any atom is 0.123 e. The van der Waals surface area contributed by atoms with Crippen LogP contribution in [0.15, 0.2) is 18.2 Å². The Hall–Kier alpha value is -0.440. The fraction of sp³-hybridized carbons (Fsp3) is 0.500. The van der Waals surface area contributed by atoms with Crippen molar-refractivity contribution in [2.45, 2.75) is 13.5 Å². The van der Waals surface area contributed by atoms with Gasteiger partial charge in [0.15, 0.2) is 0 Å². The van der Waals surface area contributed by atoms with E-state index in [-0.39, 0.29) is 0 Å². The predicted octanol–water partition coefficient (Wildman–Crippen LogP) is 3.31. The van der Waals surface area contributed by atoms with Gasteiger partial charge >= 0.3 is 0 Å². The van der Waals surface area contributed by atoms with E-state index in [4.69, 9.17) is 27.9 Å². The van der Waals surface area contributed by atoms with Crippen LogP contribution in [0.4, 0.5) is 0 Å². The summed E-state index contributed by atoms with van der Waals surface area (Å²) >= 11 is 11.7. The van der Waals surface area contributed by atoms with Gasteiger partial charge in [-0.3, -0.25) is 0 Å². The maximum atomic E-state index is 5.94. The average Bonchev–Trinajstić information content (AvgIpc) is 2.29. The van der Waals surface area contributed by atoms with Crippen LogP contribution in [0.3, 0.4) is 0 Å². The summed E-state index contributed by atoms with van der Waals surface area (Å²) in [5.41, 5.74) is 1.07. The van der Waals surface area contributed by atoms with E-state index in [1.54, 1.807) is 7.11 Å². The van der Waals surface area contributed by atoms with Crippen LogP contribution in [0.25, 0.3) is 0 Å². The molecule has 1 aromatic rings. The van der Waals surface area contributed by atoms with E-state index < -0.39 is 0 Å². The molecule has 0 fully saturated rings. The van der Waals surface area contributed by atoms with Gasteiger partial charge in [-0.25, -0.2) is 0 Å². The summed E-state index contributed by atoms with van der Waals surface area (Å²) in [6, 6.07) is 5.62. The van der Waals surface area contributed by atoms with Gasteiger partial charge in [0.25, 0.3) is 0 Å². The number of benzene rings is 1. The molecular weight excluding hydrogens is 245 g/mol. The Morgan fingerprint density at radius 1 is 1.44 bits per heavy atom. The van der Waals surface area contributed by atoms with Crippen LogP contribution in [0.1, 0.15) is 12.5 Å². The molecule has 0 radical (unpaired) electrons. The summed E-state index contributed by atoms with van der Waals surface area (Å²) in [6.45, 7) is 3.74. The molecule has 0 aromatic heterocycles. The summed E-state index contributed by atoms with van der Waals surface area (Å²) < 4.78 is 5.26. The molecule has 0 bridgehead atoms. The zero-order valence-corrected chi connectivity index (χ0v) is 11.1. The van der Waals surface area contributed by atoms with Crippen LogP contribution < -0.4 is 10.1 Å². The number of hydrogen-bond donors (Lipinski definition) is 1. The first-order valence-electron chi connectivity index (χ1n) is 5.26. The summed E-state index contributed by atoms with van der Waals surface area (Å²) in [7, 11) is 1.66. The molecule has 0 spiro atoms. The normalized spacial score (nSPS) is 12.5. The van der Waals surface area contributed by atoms with Crippen molar-refractivity contribution >= 4 is 23.2 Å². The predicted molar refractivity (Wildman–Crippen MR) is 69.6 cm³/mol. The summed E-state index contributed by atoms with van der Waals surface area (Å²) in [6.07, 6.45) is 0. The second-order valence-electron chi connectivity index (χ2n) is 3.85. The largest absolute Gasteiger partial charge is 0.496 e. The monoisotopic (exact) mass is 261 g/mol. The molecule has 0 aliphatic rings. The van der Waals surface area contributed by atoms with Crippen molar-refractivity contribution in [1.29, 1.82) is 0 Å². The highest BCUT2D eigenvalue weighted by molar-refractivity contribution is 6.30. The van der Waals surface area contributed by atoms with Crippen LogP contribution in [0.2, 0.25) is 5.02 Å². The van der Waals surface area contributed by atoms with E-state index in [9.17, 15) is 0 Å². The van der Waals surface area contributed by atoms with Crippen molar-refractivity contribution in [3.8, 4) is 5.75 Å². The maximum absolute atomic E-state index is 5.94. The minimum Gasteiger partial charge on any atom is -0.496 e. The highest BCUT2D eigenvalue weighted by Gasteiger charge is 2.04. The van der Waals surface area contributed by atoms with Crippen molar-refractivity contribution in [3.05, 3.63) is 28.8 Å². The molecule has 16 heavy (non-hydrogen) atoms. The molecular formula is C12H17Cl2NO. The second-order valence-corrected chi connectivity index (χ2v) is 4.59. The van der Waals surface area contributed by atoms with Gasteiger partial charge in [0, 0.05) is 23.0 Å². The van der Waals surface area contributed by atoms with E-state index in [2.05, 4.69) is 12.2 Å². The van der Waals surface area contributed by atoms with E-state index in [0.29, 0.717) is 11.8 Å².